The number of carbonyl (C=O) groups excluding carboxylic acids is 1. The maximum atomic E-state index is 13.9. The number of anilines is 1. The van der Waals surface area contributed by atoms with Gasteiger partial charge in [0.05, 0.1) is 24.0 Å². The Morgan fingerprint density at radius 3 is 2.62 bits per heavy atom. The van der Waals surface area contributed by atoms with Crippen LogP contribution in [0.2, 0.25) is 0 Å². The highest BCUT2D eigenvalue weighted by atomic mass is 79.9. The van der Waals surface area contributed by atoms with Crippen molar-refractivity contribution in [1.29, 1.82) is 0 Å². The van der Waals surface area contributed by atoms with Crippen LogP contribution in [0.4, 0.5) is 10.5 Å². The molecule has 0 bridgehead atoms. The minimum absolute atomic E-state index is 0.103. The lowest BCUT2D eigenvalue weighted by Crippen LogP contribution is -2.38. The van der Waals surface area contributed by atoms with Gasteiger partial charge in [-0.2, -0.15) is 0 Å². The standard InChI is InChI=1S/C27H25BrN4OS/c1-30-15-13-19-20-16-32(27(33)29-22-11-6-5-10-21(22)28)25(18-8-3-2-4-9-18)23-12-7-14-31(23)26(20)34-24(19)17-30/h2-12,14,25H,13,15-17H2,1H3,(H,29,33)/t25-/m1/s1. The van der Waals surface area contributed by atoms with Gasteiger partial charge in [0, 0.05) is 34.2 Å². The summed E-state index contributed by atoms with van der Waals surface area (Å²) < 4.78 is 3.18. The van der Waals surface area contributed by atoms with Crippen molar-refractivity contribution in [2.45, 2.75) is 25.6 Å². The van der Waals surface area contributed by atoms with E-state index < -0.39 is 0 Å². The zero-order valence-electron chi connectivity index (χ0n) is 18.9. The number of hydrogen-bond acceptors (Lipinski definition) is 3. The highest BCUT2D eigenvalue weighted by Crippen LogP contribution is 2.43. The van der Waals surface area contributed by atoms with Crippen molar-refractivity contribution in [3.8, 4) is 5.00 Å². The number of amides is 2. The smallest absolute Gasteiger partial charge is 0.310 e. The summed E-state index contributed by atoms with van der Waals surface area (Å²) in [6.45, 7) is 2.58. The molecule has 7 heteroatoms. The Hall–Kier alpha value is -2.87. The number of rotatable bonds is 2. The molecule has 0 saturated heterocycles. The average molecular weight is 533 g/mol. The number of aromatic nitrogens is 1. The predicted molar refractivity (Wildman–Crippen MR) is 141 cm³/mol. The van der Waals surface area contributed by atoms with Gasteiger partial charge in [-0.25, -0.2) is 4.79 Å². The van der Waals surface area contributed by atoms with Gasteiger partial charge in [-0.1, -0.05) is 42.5 Å². The molecule has 1 atom stereocenters. The van der Waals surface area contributed by atoms with Crippen LogP contribution in [-0.4, -0.2) is 34.0 Å². The fourth-order valence-corrected chi connectivity index (χ4v) is 6.91. The number of halogens is 1. The molecule has 34 heavy (non-hydrogen) atoms. The van der Waals surface area contributed by atoms with E-state index in [1.807, 2.05) is 58.7 Å². The Labute approximate surface area is 211 Å². The summed E-state index contributed by atoms with van der Waals surface area (Å²) in [5.41, 5.74) is 5.69. The lowest BCUT2D eigenvalue weighted by Gasteiger charge is -2.32. The lowest BCUT2D eigenvalue weighted by atomic mass is 10.0. The van der Waals surface area contributed by atoms with E-state index in [0.29, 0.717) is 6.54 Å². The Bertz CT molecular complexity index is 1360. The summed E-state index contributed by atoms with van der Waals surface area (Å²) in [5, 5.41) is 4.41. The molecular weight excluding hydrogens is 508 g/mol. The number of likely N-dealkylation sites (N-methyl/N-ethyl adjacent to an activating group) is 1. The van der Waals surface area contributed by atoms with Gasteiger partial charge in [0.15, 0.2) is 0 Å². The third kappa shape index (κ3) is 3.68. The molecule has 0 aliphatic carbocycles. The highest BCUT2D eigenvalue weighted by molar-refractivity contribution is 9.10. The van der Waals surface area contributed by atoms with Gasteiger partial charge in [-0.3, -0.25) is 0 Å². The quantitative estimate of drug-likeness (QED) is 0.323. The summed E-state index contributed by atoms with van der Waals surface area (Å²) in [6.07, 6.45) is 3.16. The van der Waals surface area contributed by atoms with Gasteiger partial charge in [0.25, 0.3) is 0 Å². The van der Waals surface area contributed by atoms with Crippen molar-refractivity contribution in [1.82, 2.24) is 14.4 Å². The lowest BCUT2D eigenvalue weighted by molar-refractivity contribution is 0.194. The van der Waals surface area contributed by atoms with E-state index in [1.165, 1.54) is 21.0 Å². The molecule has 2 aliphatic heterocycles. The van der Waals surface area contributed by atoms with E-state index in [0.717, 1.165) is 40.9 Å². The van der Waals surface area contributed by atoms with E-state index in [1.54, 1.807) is 0 Å². The number of fused-ring (bicyclic) bond motifs is 5. The Morgan fingerprint density at radius 1 is 1.00 bits per heavy atom. The largest absolute Gasteiger partial charge is 0.323 e. The maximum Gasteiger partial charge on any atom is 0.323 e. The second-order valence-electron chi connectivity index (χ2n) is 8.93. The molecule has 5 nitrogen and oxygen atoms in total. The number of benzene rings is 2. The van der Waals surface area contributed by atoms with Crippen molar-refractivity contribution >= 4 is 39.0 Å². The van der Waals surface area contributed by atoms with Crippen molar-refractivity contribution in [2.75, 3.05) is 18.9 Å². The molecule has 0 radical (unpaired) electrons. The molecule has 0 fully saturated rings. The number of para-hydroxylation sites is 1. The van der Waals surface area contributed by atoms with Crippen LogP contribution in [0.25, 0.3) is 5.00 Å². The summed E-state index contributed by atoms with van der Waals surface area (Å²) in [5.74, 6) is 0. The number of urea groups is 1. The van der Waals surface area contributed by atoms with Gasteiger partial charge < -0.3 is 19.7 Å². The average Bonchev–Trinajstić information content (AvgIpc) is 3.42. The van der Waals surface area contributed by atoms with Crippen LogP contribution in [0.5, 0.6) is 0 Å². The first-order valence-electron chi connectivity index (χ1n) is 11.5. The third-order valence-corrected chi connectivity index (χ3v) is 8.70. The fraction of sp³-hybridized carbons (Fsp3) is 0.222. The Morgan fingerprint density at radius 2 is 1.79 bits per heavy atom. The molecule has 6 rings (SSSR count). The molecule has 172 valence electrons. The van der Waals surface area contributed by atoms with Crippen LogP contribution >= 0.6 is 27.3 Å². The number of hydrogen-bond donors (Lipinski definition) is 1. The van der Waals surface area contributed by atoms with Crippen molar-refractivity contribution in [3.05, 3.63) is 105 Å². The SMILES string of the molecule is CN1CCc2c(sc3c2CN(C(=O)Nc2ccccc2Br)[C@H](c2ccccc2)c2cccn2-3)C1. The first-order valence-corrected chi connectivity index (χ1v) is 13.1. The Balaban J connectivity index is 1.50. The molecule has 2 aromatic heterocycles. The summed E-state index contributed by atoms with van der Waals surface area (Å²) >= 11 is 5.45. The van der Waals surface area contributed by atoms with Gasteiger partial charge in [-0.05, 0) is 64.8 Å². The third-order valence-electron chi connectivity index (χ3n) is 6.75. The minimum Gasteiger partial charge on any atom is -0.310 e. The van der Waals surface area contributed by atoms with Gasteiger partial charge in [0.2, 0.25) is 0 Å². The van der Waals surface area contributed by atoms with Crippen molar-refractivity contribution in [2.24, 2.45) is 0 Å². The molecule has 2 aliphatic rings. The summed E-state index contributed by atoms with van der Waals surface area (Å²) in [7, 11) is 2.18. The molecule has 2 amide bonds. The molecule has 1 N–H and O–H groups in total. The monoisotopic (exact) mass is 532 g/mol. The molecule has 0 spiro atoms. The zero-order chi connectivity index (χ0) is 23.2. The molecule has 0 unspecified atom stereocenters. The van der Waals surface area contributed by atoms with Gasteiger partial charge in [-0.15, -0.1) is 11.3 Å². The van der Waals surface area contributed by atoms with Crippen LogP contribution in [0.15, 0.2) is 77.4 Å². The number of nitrogens with one attached hydrogen (secondary N) is 1. The van der Waals surface area contributed by atoms with E-state index in [9.17, 15) is 4.79 Å². The molecule has 0 saturated carbocycles. The maximum absolute atomic E-state index is 13.9. The first-order chi connectivity index (χ1) is 16.6. The predicted octanol–water partition coefficient (Wildman–Crippen LogP) is 6.43. The summed E-state index contributed by atoms with van der Waals surface area (Å²) in [4.78, 5) is 19.7. The van der Waals surface area contributed by atoms with Crippen molar-refractivity contribution < 1.29 is 4.79 Å². The van der Waals surface area contributed by atoms with Crippen molar-refractivity contribution in [3.63, 3.8) is 0 Å². The summed E-state index contributed by atoms with van der Waals surface area (Å²) in [6, 6.07) is 22.0. The minimum atomic E-state index is -0.194. The van der Waals surface area contributed by atoms with Crippen LogP contribution in [0.1, 0.15) is 33.3 Å². The van der Waals surface area contributed by atoms with Crippen LogP contribution < -0.4 is 5.32 Å². The molecule has 4 aromatic rings. The second-order valence-corrected chi connectivity index (χ2v) is 10.9. The van der Waals surface area contributed by atoms with E-state index >= 15 is 0 Å². The van der Waals surface area contributed by atoms with E-state index in [-0.39, 0.29) is 12.1 Å². The number of carbonyl (C=O) groups is 1. The van der Waals surface area contributed by atoms with E-state index in [2.05, 4.69) is 68.2 Å². The van der Waals surface area contributed by atoms with E-state index in [4.69, 9.17) is 0 Å². The zero-order valence-corrected chi connectivity index (χ0v) is 21.3. The Kier molecular flexibility index (Phi) is 5.56. The van der Waals surface area contributed by atoms with Gasteiger partial charge >= 0.3 is 6.03 Å². The molecular formula is C27H25BrN4OS. The second kappa shape index (κ2) is 8.73. The van der Waals surface area contributed by atoms with Crippen LogP contribution in [-0.2, 0) is 19.5 Å². The van der Waals surface area contributed by atoms with Crippen LogP contribution in [0.3, 0.4) is 0 Å². The molecule has 4 heterocycles. The number of nitrogens with zero attached hydrogens (tertiary/aromatic N) is 3. The van der Waals surface area contributed by atoms with Gasteiger partial charge in [0.1, 0.15) is 5.00 Å². The normalized spacial score (nSPS) is 17.5. The first kappa shape index (κ1) is 21.6. The number of thiophene rings is 1. The topological polar surface area (TPSA) is 40.5 Å². The van der Waals surface area contributed by atoms with Crippen LogP contribution in [0, 0.1) is 0 Å². The molecule has 2 aromatic carbocycles. The fourth-order valence-electron chi connectivity index (χ4n) is 5.09. The highest BCUT2D eigenvalue weighted by Gasteiger charge is 2.36.